The van der Waals surface area contributed by atoms with Crippen LogP contribution in [0.2, 0.25) is 0 Å². The van der Waals surface area contributed by atoms with Gasteiger partial charge in [-0.2, -0.15) is 9.97 Å². The van der Waals surface area contributed by atoms with Gasteiger partial charge in [-0.15, -0.1) is 0 Å². The second kappa shape index (κ2) is 5.32. The summed E-state index contributed by atoms with van der Waals surface area (Å²) in [5, 5.41) is 29.2. The van der Waals surface area contributed by atoms with Crippen molar-refractivity contribution in [3.05, 3.63) is 5.69 Å². The van der Waals surface area contributed by atoms with Gasteiger partial charge in [0.05, 0.1) is 19.4 Å². The number of fused-ring (bicyclic) bond motifs is 1. The molecule has 1 aliphatic heterocycles. The molecule has 0 saturated carbocycles. The van der Waals surface area contributed by atoms with Crippen molar-refractivity contribution >= 4 is 17.1 Å². The minimum absolute atomic E-state index is 0.0514. The summed E-state index contributed by atoms with van der Waals surface area (Å²) in [6.45, 7) is 1.29. The van der Waals surface area contributed by atoms with Crippen LogP contribution in [-0.2, 0) is 4.74 Å². The molecule has 0 bridgehead atoms. The molecule has 4 atom stereocenters. The maximum absolute atomic E-state index is 10.1. The standard InChI is InChI=1S/C12H17N5O5/c1-4-6-9(16-12(14-4)21-2)17(11(13)15-6)10-8(20)7(19)5(3-18)22-10/h5,7-8,10,18-20H,3H2,1-2H3,(H2,13,15)/t5-,7-,8-,10-/m1/s1. The van der Waals surface area contributed by atoms with Crippen LogP contribution < -0.4 is 10.5 Å². The van der Waals surface area contributed by atoms with Gasteiger partial charge in [0.15, 0.2) is 11.9 Å². The molecule has 0 spiro atoms. The second-order valence-corrected chi connectivity index (χ2v) is 5.04. The molecular formula is C12H17N5O5. The van der Waals surface area contributed by atoms with E-state index in [1.165, 1.54) is 11.7 Å². The van der Waals surface area contributed by atoms with E-state index < -0.39 is 31.1 Å². The molecule has 1 aliphatic rings. The fourth-order valence-electron chi connectivity index (χ4n) is 2.54. The lowest BCUT2D eigenvalue weighted by Gasteiger charge is -2.17. The molecular weight excluding hydrogens is 294 g/mol. The number of aromatic nitrogens is 4. The summed E-state index contributed by atoms with van der Waals surface area (Å²) in [4.78, 5) is 12.5. The molecule has 5 N–H and O–H groups in total. The molecule has 2 aromatic heterocycles. The third-order valence-electron chi connectivity index (χ3n) is 3.67. The lowest BCUT2D eigenvalue weighted by Crippen LogP contribution is -2.33. The predicted octanol–water partition coefficient (Wildman–Crippen LogP) is -1.66. The van der Waals surface area contributed by atoms with Crippen molar-refractivity contribution in [3.8, 4) is 6.01 Å². The number of aliphatic hydroxyl groups is 3. The average molecular weight is 311 g/mol. The molecule has 0 aromatic carbocycles. The highest BCUT2D eigenvalue weighted by Crippen LogP contribution is 2.34. The highest BCUT2D eigenvalue weighted by molar-refractivity contribution is 5.77. The van der Waals surface area contributed by atoms with E-state index in [1.54, 1.807) is 6.92 Å². The van der Waals surface area contributed by atoms with Crippen molar-refractivity contribution in [1.82, 2.24) is 19.5 Å². The zero-order chi connectivity index (χ0) is 16.0. The van der Waals surface area contributed by atoms with Gasteiger partial charge in [-0.05, 0) is 6.92 Å². The summed E-state index contributed by atoms with van der Waals surface area (Å²) in [6.07, 6.45) is -4.45. The number of hydrogen-bond donors (Lipinski definition) is 4. The number of imidazole rings is 1. The minimum Gasteiger partial charge on any atom is -0.467 e. The first-order valence-electron chi connectivity index (χ1n) is 6.66. The van der Waals surface area contributed by atoms with E-state index >= 15 is 0 Å². The third-order valence-corrected chi connectivity index (χ3v) is 3.67. The monoisotopic (exact) mass is 311 g/mol. The lowest BCUT2D eigenvalue weighted by molar-refractivity contribution is -0.0500. The number of nitrogen functional groups attached to an aromatic ring is 1. The number of aryl methyl sites for hydroxylation is 1. The van der Waals surface area contributed by atoms with E-state index in [4.69, 9.17) is 15.2 Å². The van der Waals surface area contributed by atoms with Crippen LogP contribution in [0.15, 0.2) is 0 Å². The smallest absolute Gasteiger partial charge is 0.318 e. The molecule has 1 fully saturated rings. The molecule has 3 heterocycles. The number of rotatable bonds is 3. The Morgan fingerprint density at radius 1 is 1.27 bits per heavy atom. The first kappa shape index (κ1) is 14.9. The first-order chi connectivity index (χ1) is 10.5. The Balaban J connectivity index is 2.15. The topological polar surface area (TPSA) is 149 Å². The Kier molecular flexibility index (Phi) is 3.60. The minimum atomic E-state index is -1.28. The fourth-order valence-corrected chi connectivity index (χ4v) is 2.54. The number of nitrogens with zero attached hydrogens (tertiary/aromatic N) is 4. The summed E-state index contributed by atoms with van der Waals surface area (Å²) in [7, 11) is 1.43. The van der Waals surface area contributed by atoms with E-state index in [0.29, 0.717) is 16.9 Å². The fraction of sp³-hybridized carbons (Fsp3) is 0.583. The number of ether oxygens (including phenoxy) is 2. The predicted molar refractivity (Wildman–Crippen MR) is 74.0 cm³/mol. The van der Waals surface area contributed by atoms with Crippen molar-refractivity contribution in [2.75, 3.05) is 19.5 Å². The molecule has 0 radical (unpaired) electrons. The molecule has 1 saturated heterocycles. The molecule has 2 aromatic rings. The van der Waals surface area contributed by atoms with E-state index in [1.807, 2.05) is 0 Å². The Hall–Kier alpha value is -2.01. The quantitative estimate of drug-likeness (QED) is 0.522. The Bertz CT molecular complexity index is 705. The van der Waals surface area contributed by atoms with E-state index in [-0.39, 0.29) is 12.0 Å². The highest BCUT2D eigenvalue weighted by Gasteiger charge is 2.44. The Morgan fingerprint density at radius 3 is 2.59 bits per heavy atom. The van der Waals surface area contributed by atoms with Gasteiger partial charge in [0.2, 0.25) is 5.95 Å². The van der Waals surface area contributed by atoms with E-state index in [9.17, 15) is 15.3 Å². The van der Waals surface area contributed by atoms with Crippen molar-refractivity contribution in [2.24, 2.45) is 0 Å². The first-order valence-corrected chi connectivity index (χ1v) is 6.66. The van der Waals surface area contributed by atoms with Gasteiger partial charge < -0.3 is 30.5 Å². The molecule has 3 rings (SSSR count). The average Bonchev–Trinajstić information content (AvgIpc) is 2.97. The van der Waals surface area contributed by atoms with Crippen LogP contribution in [-0.4, -0.2) is 66.9 Å². The normalized spacial score (nSPS) is 28.4. The molecule has 10 nitrogen and oxygen atoms in total. The second-order valence-electron chi connectivity index (χ2n) is 5.04. The van der Waals surface area contributed by atoms with Crippen LogP contribution in [0.3, 0.4) is 0 Å². The highest BCUT2D eigenvalue weighted by atomic mass is 16.6. The van der Waals surface area contributed by atoms with Crippen LogP contribution in [0.4, 0.5) is 5.95 Å². The SMILES string of the molecule is COc1nc(C)c2nc(N)n([C@@H]3O[C@H](CO)[C@@H](O)[C@H]3O)c2n1. The summed E-state index contributed by atoms with van der Waals surface area (Å²) in [5.74, 6) is 0.0514. The van der Waals surface area contributed by atoms with Crippen molar-refractivity contribution in [1.29, 1.82) is 0 Å². The molecule has 120 valence electrons. The van der Waals surface area contributed by atoms with Crippen molar-refractivity contribution in [3.63, 3.8) is 0 Å². The Morgan fingerprint density at radius 2 is 2.00 bits per heavy atom. The number of nitrogens with two attached hydrogens (primary N) is 1. The maximum Gasteiger partial charge on any atom is 0.318 e. The Labute approximate surface area is 125 Å². The molecule has 0 unspecified atom stereocenters. The largest absolute Gasteiger partial charge is 0.467 e. The van der Waals surface area contributed by atoms with Gasteiger partial charge in [0.25, 0.3) is 0 Å². The van der Waals surface area contributed by atoms with Gasteiger partial charge in [-0.1, -0.05) is 0 Å². The van der Waals surface area contributed by atoms with Gasteiger partial charge in [0.1, 0.15) is 23.8 Å². The maximum atomic E-state index is 10.1. The molecule has 0 aliphatic carbocycles. The van der Waals surface area contributed by atoms with Crippen molar-refractivity contribution in [2.45, 2.75) is 31.5 Å². The van der Waals surface area contributed by atoms with Gasteiger partial charge in [-0.3, -0.25) is 4.57 Å². The zero-order valence-electron chi connectivity index (χ0n) is 12.0. The molecule has 22 heavy (non-hydrogen) atoms. The molecule has 10 heteroatoms. The van der Waals surface area contributed by atoms with E-state index in [2.05, 4.69) is 15.0 Å². The number of methoxy groups -OCH3 is 1. The lowest BCUT2D eigenvalue weighted by atomic mass is 10.1. The van der Waals surface area contributed by atoms with Gasteiger partial charge >= 0.3 is 6.01 Å². The zero-order valence-corrected chi connectivity index (χ0v) is 12.0. The van der Waals surface area contributed by atoms with Crippen LogP contribution in [0, 0.1) is 6.92 Å². The van der Waals surface area contributed by atoms with Crippen LogP contribution >= 0.6 is 0 Å². The number of hydrogen-bond acceptors (Lipinski definition) is 9. The van der Waals surface area contributed by atoms with E-state index in [0.717, 1.165) is 0 Å². The van der Waals surface area contributed by atoms with Crippen LogP contribution in [0.25, 0.3) is 11.2 Å². The van der Waals surface area contributed by atoms with Crippen LogP contribution in [0.5, 0.6) is 6.01 Å². The number of aliphatic hydroxyl groups excluding tert-OH is 3. The van der Waals surface area contributed by atoms with Crippen molar-refractivity contribution < 1.29 is 24.8 Å². The summed E-state index contributed by atoms with van der Waals surface area (Å²) in [6, 6.07) is 0.123. The molecule has 0 amide bonds. The van der Waals surface area contributed by atoms with Gasteiger partial charge in [-0.25, -0.2) is 4.98 Å². The summed E-state index contributed by atoms with van der Waals surface area (Å²) >= 11 is 0. The van der Waals surface area contributed by atoms with Crippen LogP contribution in [0.1, 0.15) is 11.9 Å². The number of anilines is 1. The summed E-state index contributed by atoms with van der Waals surface area (Å²) in [5.41, 5.74) is 7.21. The summed E-state index contributed by atoms with van der Waals surface area (Å²) < 4.78 is 11.9. The third kappa shape index (κ3) is 2.08. The van der Waals surface area contributed by atoms with Gasteiger partial charge in [0, 0.05) is 0 Å².